The maximum atomic E-state index is 13.6. The summed E-state index contributed by atoms with van der Waals surface area (Å²) in [6.45, 7) is 1.34. The number of halogens is 4. The fourth-order valence-electron chi connectivity index (χ4n) is 1.86. The van der Waals surface area contributed by atoms with E-state index in [9.17, 15) is 26.0 Å². The quantitative estimate of drug-likeness (QED) is 0.873. The SMILES string of the molecule is C[C@@H](NS(=O)(=O)c1ccc(F)c(F)c1)c1ccc(F)cc1F. The fourth-order valence-corrected chi connectivity index (χ4v) is 3.10. The van der Waals surface area contributed by atoms with Gasteiger partial charge >= 0.3 is 0 Å². The number of benzene rings is 2. The fraction of sp³-hybridized carbons (Fsp3) is 0.143. The minimum atomic E-state index is -4.19. The highest BCUT2D eigenvalue weighted by Crippen LogP contribution is 2.21. The van der Waals surface area contributed by atoms with Crippen molar-refractivity contribution in [1.82, 2.24) is 4.72 Å². The molecule has 0 aliphatic heterocycles. The van der Waals surface area contributed by atoms with E-state index in [1.165, 1.54) is 6.92 Å². The Morgan fingerprint density at radius 3 is 2.18 bits per heavy atom. The molecule has 0 aliphatic carbocycles. The van der Waals surface area contributed by atoms with E-state index < -0.39 is 44.2 Å². The van der Waals surface area contributed by atoms with Crippen LogP contribution in [0.2, 0.25) is 0 Å². The molecule has 2 aromatic rings. The van der Waals surface area contributed by atoms with Gasteiger partial charge in [-0.15, -0.1) is 0 Å². The molecule has 3 nitrogen and oxygen atoms in total. The Morgan fingerprint density at radius 2 is 1.59 bits per heavy atom. The van der Waals surface area contributed by atoms with Crippen molar-refractivity contribution in [3.63, 3.8) is 0 Å². The van der Waals surface area contributed by atoms with Gasteiger partial charge in [0.15, 0.2) is 11.6 Å². The van der Waals surface area contributed by atoms with Crippen molar-refractivity contribution in [1.29, 1.82) is 0 Å². The molecule has 0 aromatic heterocycles. The predicted molar refractivity (Wildman–Crippen MR) is 71.5 cm³/mol. The van der Waals surface area contributed by atoms with Gasteiger partial charge in [-0.1, -0.05) is 6.07 Å². The lowest BCUT2D eigenvalue weighted by atomic mass is 10.1. The molecule has 0 heterocycles. The van der Waals surface area contributed by atoms with Crippen molar-refractivity contribution in [2.24, 2.45) is 0 Å². The van der Waals surface area contributed by atoms with Crippen LogP contribution in [-0.2, 0) is 10.0 Å². The molecular weight excluding hydrogens is 322 g/mol. The molecule has 118 valence electrons. The third-order valence-electron chi connectivity index (χ3n) is 2.96. The number of rotatable bonds is 4. The van der Waals surface area contributed by atoms with Crippen molar-refractivity contribution in [3.05, 3.63) is 65.2 Å². The second kappa shape index (κ2) is 6.05. The molecule has 0 spiro atoms. The first-order valence-corrected chi connectivity index (χ1v) is 7.61. The molecule has 0 unspecified atom stereocenters. The Hall–Kier alpha value is -1.93. The monoisotopic (exact) mass is 333 g/mol. The average molecular weight is 333 g/mol. The summed E-state index contributed by atoms with van der Waals surface area (Å²) in [7, 11) is -4.19. The first-order chi connectivity index (χ1) is 10.2. The van der Waals surface area contributed by atoms with E-state index >= 15 is 0 Å². The van der Waals surface area contributed by atoms with Gasteiger partial charge in [-0.3, -0.25) is 0 Å². The molecule has 0 aliphatic rings. The van der Waals surface area contributed by atoms with Gasteiger partial charge in [0.2, 0.25) is 10.0 Å². The Balaban J connectivity index is 2.29. The van der Waals surface area contributed by atoms with Gasteiger partial charge in [-0.2, -0.15) is 0 Å². The number of nitrogens with one attached hydrogen (secondary N) is 1. The van der Waals surface area contributed by atoms with Crippen molar-refractivity contribution in [3.8, 4) is 0 Å². The van der Waals surface area contributed by atoms with Gasteiger partial charge in [-0.25, -0.2) is 30.7 Å². The summed E-state index contributed by atoms with van der Waals surface area (Å²) in [6, 6.07) is 3.76. The zero-order chi connectivity index (χ0) is 16.5. The highest BCUT2D eigenvalue weighted by molar-refractivity contribution is 7.89. The maximum absolute atomic E-state index is 13.6. The molecule has 1 atom stereocenters. The molecule has 2 aromatic carbocycles. The van der Waals surface area contributed by atoms with Gasteiger partial charge < -0.3 is 0 Å². The van der Waals surface area contributed by atoms with E-state index in [1.54, 1.807) is 0 Å². The highest BCUT2D eigenvalue weighted by Gasteiger charge is 2.21. The third-order valence-corrected chi connectivity index (χ3v) is 4.50. The van der Waals surface area contributed by atoms with E-state index in [1.807, 2.05) is 0 Å². The van der Waals surface area contributed by atoms with Crippen LogP contribution in [0.4, 0.5) is 17.6 Å². The van der Waals surface area contributed by atoms with Crippen molar-refractivity contribution < 1.29 is 26.0 Å². The summed E-state index contributed by atoms with van der Waals surface area (Å²) in [5.74, 6) is -4.21. The van der Waals surface area contributed by atoms with Crippen LogP contribution < -0.4 is 4.72 Å². The van der Waals surface area contributed by atoms with E-state index in [0.29, 0.717) is 18.2 Å². The molecule has 22 heavy (non-hydrogen) atoms. The van der Waals surface area contributed by atoms with Crippen molar-refractivity contribution in [2.45, 2.75) is 17.9 Å². The predicted octanol–water partition coefficient (Wildman–Crippen LogP) is 3.28. The number of sulfonamides is 1. The Kier molecular flexibility index (Phi) is 4.52. The molecule has 0 saturated carbocycles. The number of hydrogen-bond donors (Lipinski definition) is 1. The number of hydrogen-bond acceptors (Lipinski definition) is 2. The zero-order valence-electron chi connectivity index (χ0n) is 11.3. The summed E-state index contributed by atoms with van der Waals surface area (Å²) in [4.78, 5) is -0.499. The molecular formula is C14H11F4NO2S. The van der Waals surface area contributed by atoms with Crippen molar-refractivity contribution >= 4 is 10.0 Å². The lowest BCUT2D eigenvalue weighted by Gasteiger charge is -2.15. The van der Waals surface area contributed by atoms with Crippen LogP contribution in [0.25, 0.3) is 0 Å². The minimum absolute atomic E-state index is 0.0763. The Labute approximate surface area is 124 Å². The summed E-state index contributed by atoms with van der Waals surface area (Å²) in [5, 5.41) is 0. The van der Waals surface area contributed by atoms with E-state index in [2.05, 4.69) is 4.72 Å². The van der Waals surface area contributed by atoms with Gasteiger partial charge in [0.25, 0.3) is 0 Å². The first kappa shape index (κ1) is 16.4. The summed E-state index contributed by atoms with van der Waals surface area (Å²) < 4.78 is 78.6. The lowest BCUT2D eigenvalue weighted by molar-refractivity contribution is 0.503. The third kappa shape index (κ3) is 3.45. The van der Waals surface area contributed by atoms with Gasteiger partial charge in [0, 0.05) is 17.7 Å². The summed E-state index contributed by atoms with van der Waals surface area (Å²) in [5.41, 5.74) is -0.0763. The largest absolute Gasteiger partial charge is 0.241 e. The molecule has 0 radical (unpaired) electrons. The minimum Gasteiger partial charge on any atom is -0.207 e. The molecule has 0 saturated heterocycles. The average Bonchev–Trinajstić information content (AvgIpc) is 2.40. The van der Waals surface area contributed by atoms with Crippen LogP contribution in [0.15, 0.2) is 41.3 Å². The maximum Gasteiger partial charge on any atom is 0.241 e. The lowest BCUT2D eigenvalue weighted by Crippen LogP contribution is -2.27. The molecule has 1 N–H and O–H groups in total. The second-order valence-electron chi connectivity index (χ2n) is 4.58. The second-order valence-corrected chi connectivity index (χ2v) is 6.30. The zero-order valence-corrected chi connectivity index (χ0v) is 12.1. The normalized spacial score (nSPS) is 13.1. The van der Waals surface area contributed by atoms with Crippen LogP contribution >= 0.6 is 0 Å². The van der Waals surface area contributed by atoms with Crippen LogP contribution in [-0.4, -0.2) is 8.42 Å². The molecule has 2 rings (SSSR count). The topological polar surface area (TPSA) is 46.2 Å². The van der Waals surface area contributed by atoms with E-state index in [-0.39, 0.29) is 5.56 Å². The van der Waals surface area contributed by atoms with Crippen LogP contribution in [0, 0.1) is 23.3 Å². The molecule has 0 bridgehead atoms. The van der Waals surface area contributed by atoms with Gasteiger partial charge in [0.05, 0.1) is 4.90 Å². The van der Waals surface area contributed by atoms with E-state index in [4.69, 9.17) is 0 Å². The molecule has 0 amide bonds. The molecule has 0 fully saturated rings. The van der Waals surface area contributed by atoms with Crippen LogP contribution in [0.3, 0.4) is 0 Å². The van der Waals surface area contributed by atoms with Gasteiger partial charge in [-0.05, 0) is 31.2 Å². The standard InChI is InChI=1S/C14H11F4NO2S/c1-8(11-4-2-9(15)6-13(11)17)19-22(20,21)10-3-5-12(16)14(18)7-10/h2-8,19H,1H3/t8-/m1/s1. The first-order valence-electron chi connectivity index (χ1n) is 6.13. The Bertz CT molecular complexity index is 808. The van der Waals surface area contributed by atoms with E-state index in [0.717, 1.165) is 18.2 Å². The van der Waals surface area contributed by atoms with Crippen LogP contribution in [0.1, 0.15) is 18.5 Å². The van der Waals surface area contributed by atoms with Crippen LogP contribution in [0.5, 0.6) is 0 Å². The molecule has 8 heteroatoms. The Morgan fingerprint density at radius 1 is 0.909 bits per heavy atom. The summed E-state index contributed by atoms with van der Waals surface area (Å²) >= 11 is 0. The summed E-state index contributed by atoms with van der Waals surface area (Å²) in [6.07, 6.45) is 0. The smallest absolute Gasteiger partial charge is 0.207 e. The van der Waals surface area contributed by atoms with Gasteiger partial charge in [0.1, 0.15) is 11.6 Å². The highest BCUT2D eigenvalue weighted by atomic mass is 32.2. The van der Waals surface area contributed by atoms with Crippen molar-refractivity contribution in [2.75, 3.05) is 0 Å².